The summed E-state index contributed by atoms with van der Waals surface area (Å²) in [6.45, 7) is 4.91. The molecule has 1 N–H and O–H groups in total. The Balaban J connectivity index is 1.23. The van der Waals surface area contributed by atoms with Crippen LogP contribution in [0.15, 0.2) is 51.7 Å². The van der Waals surface area contributed by atoms with E-state index >= 15 is 0 Å². The Morgan fingerprint density at radius 2 is 1.87 bits per heavy atom. The number of aromatic nitrogens is 1. The van der Waals surface area contributed by atoms with Crippen LogP contribution < -0.4 is 20.7 Å². The number of anilines is 1. The maximum Gasteiger partial charge on any atom is 0.420 e. The smallest absolute Gasteiger partial charge is 0.420 e. The van der Waals surface area contributed by atoms with Crippen LogP contribution in [0.1, 0.15) is 0 Å². The van der Waals surface area contributed by atoms with E-state index in [1.54, 1.807) is 25.3 Å². The van der Waals surface area contributed by atoms with Gasteiger partial charge in [0.05, 0.1) is 12.6 Å². The molecule has 1 aromatic heterocycles. The van der Waals surface area contributed by atoms with Crippen molar-refractivity contribution in [3.63, 3.8) is 0 Å². The van der Waals surface area contributed by atoms with Gasteiger partial charge in [0, 0.05) is 56.0 Å². The molecule has 9 heteroatoms. The number of nitrogens with one attached hydrogen (secondary N) is 1. The van der Waals surface area contributed by atoms with E-state index in [4.69, 9.17) is 20.8 Å². The van der Waals surface area contributed by atoms with Gasteiger partial charge in [-0.25, -0.2) is 4.79 Å². The number of benzene rings is 2. The van der Waals surface area contributed by atoms with Crippen molar-refractivity contribution in [2.45, 2.75) is 6.54 Å². The highest BCUT2D eigenvalue weighted by Gasteiger charge is 2.18. The second kappa shape index (κ2) is 9.45. The molecule has 0 spiro atoms. The second-order valence-corrected chi connectivity index (χ2v) is 7.88. The highest BCUT2D eigenvalue weighted by atomic mass is 35.5. The van der Waals surface area contributed by atoms with Crippen LogP contribution in [-0.4, -0.2) is 61.8 Å². The lowest BCUT2D eigenvalue weighted by Gasteiger charge is -2.36. The van der Waals surface area contributed by atoms with Crippen LogP contribution in [0.2, 0.25) is 5.02 Å². The molecular formula is C22H25ClN4O4. The Kier molecular flexibility index (Phi) is 6.48. The van der Waals surface area contributed by atoms with Gasteiger partial charge in [-0.1, -0.05) is 11.6 Å². The van der Waals surface area contributed by atoms with Crippen LogP contribution in [0.5, 0.6) is 5.75 Å². The van der Waals surface area contributed by atoms with Crippen molar-refractivity contribution >= 4 is 34.3 Å². The number of ether oxygens (including phenoxy) is 1. The summed E-state index contributed by atoms with van der Waals surface area (Å²) in [6.07, 6.45) is 0. The van der Waals surface area contributed by atoms with E-state index in [1.165, 1.54) is 10.3 Å². The van der Waals surface area contributed by atoms with Gasteiger partial charge in [0.1, 0.15) is 12.3 Å². The lowest BCUT2D eigenvalue weighted by Crippen LogP contribution is -2.48. The minimum atomic E-state index is -0.568. The number of hydrogen-bond acceptors (Lipinski definition) is 6. The Morgan fingerprint density at radius 1 is 1.13 bits per heavy atom. The van der Waals surface area contributed by atoms with Crippen LogP contribution in [0.3, 0.4) is 0 Å². The Hall–Kier alpha value is -2.97. The van der Waals surface area contributed by atoms with Gasteiger partial charge in [-0.15, -0.1) is 0 Å². The van der Waals surface area contributed by atoms with Gasteiger partial charge in [-0.2, -0.15) is 0 Å². The van der Waals surface area contributed by atoms with Gasteiger partial charge in [0.15, 0.2) is 5.58 Å². The Morgan fingerprint density at radius 3 is 2.58 bits per heavy atom. The van der Waals surface area contributed by atoms with E-state index in [9.17, 15) is 9.59 Å². The average molecular weight is 445 g/mol. The minimum absolute atomic E-state index is 0.0846. The third-order valence-corrected chi connectivity index (χ3v) is 5.73. The van der Waals surface area contributed by atoms with Crippen LogP contribution in [0.25, 0.3) is 11.1 Å². The largest absolute Gasteiger partial charge is 0.497 e. The number of oxazole rings is 1. The number of nitrogens with zero attached hydrogens (tertiary/aromatic N) is 3. The first-order chi connectivity index (χ1) is 15.0. The zero-order valence-electron chi connectivity index (χ0n) is 17.3. The lowest BCUT2D eigenvalue weighted by molar-refractivity contribution is -0.121. The molecule has 2 heterocycles. The number of fused-ring (bicyclic) bond motifs is 1. The lowest BCUT2D eigenvalue weighted by atomic mass is 10.2. The molecule has 164 valence electrons. The summed E-state index contributed by atoms with van der Waals surface area (Å²) in [4.78, 5) is 29.0. The summed E-state index contributed by atoms with van der Waals surface area (Å²) in [5.41, 5.74) is 2.12. The van der Waals surface area contributed by atoms with Gasteiger partial charge in [0.25, 0.3) is 0 Å². The van der Waals surface area contributed by atoms with Crippen molar-refractivity contribution in [2.24, 2.45) is 0 Å². The van der Waals surface area contributed by atoms with Crippen molar-refractivity contribution in [1.29, 1.82) is 0 Å². The van der Waals surface area contributed by atoms with Crippen LogP contribution >= 0.6 is 11.6 Å². The second-order valence-electron chi connectivity index (χ2n) is 7.44. The number of methoxy groups -OCH3 is 1. The molecule has 1 aliphatic heterocycles. The Labute approximate surface area is 184 Å². The zero-order chi connectivity index (χ0) is 21.8. The molecular weight excluding hydrogens is 420 g/mol. The normalized spacial score (nSPS) is 14.7. The third-order valence-electron chi connectivity index (χ3n) is 5.49. The maximum absolute atomic E-state index is 12.3. The zero-order valence-corrected chi connectivity index (χ0v) is 18.1. The number of halogens is 1. The van der Waals surface area contributed by atoms with Gasteiger partial charge < -0.3 is 19.4 Å². The van der Waals surface area contributed by atoms with Crippen molar-refractivity contribution in [3.8, 4) is 5.75 Å². The SMILES string of the molecule is COc1ccc(N2CCN(CCNC(=O)Cn3c(=O)oc4cc(Cl)ccc43)CC2)cc1. The summed E-state index contributed by atoms with van der Waals surface area (Å²) < 4.78 is 11.7. The highest BCUT2D eigenvalue weighted by molar-refractivity contribution is 6.31. The molecule has 1 aliphatic rings. The third kappa shape index (κ3) is 5.03. The summed E-state index contributed by atoms with van der Waals surface area (Å²) in [5, 5.41) is 3.37. The monoisotopic (exact) mass is 444 g/mol. The molecule has 8 nitrogen and oxygen atoms in total. The average Bonchev–Trinajstić information content (AvgIpc) is 3.08. The number of piperazine rings is 1. The van der Waals surface area contributed by atoms with E-state index in [0.717, 1.165) is 38.5 Å². The first-order valence-corrected chi connectivity index (χ1v) is 10.6. The molecule has 0 bridgehead atoms. The standard InChI is InChI=1S/C22H25ClN4O4/c1-30-18-5-3-17(4-6-18)26-12-10-25(11-13-26)9-8-24-21(28)15-27-19-7-2-16(23)14-20(19)31-22(27)29/h2-7,14H,8-13,15H2,1H3,(H,24,28). The van der Waals surface area contributed by atoms with Crippen LogP contribution in [0, 0.1) is 0 Å². The molecule has 0 radical (unpaired) electrons. The molecule has 4 rings (SSSR count). The molecule has 1 fully saturated rings. The first-order valence-electron chi connectivity index (χ1n) is 10.2. The first kappa shape index (κ1) is 21.3. The minimum Gasteiger partial charge on any atom is -0.497 e. The summed E-state index contributed by atoms with van der Waals surface area (Å²) >= 11 is 5.92. The topological polar surface area (TPSA) is 80.0 Å². The van der Waals surface area contributed by atoms with Crippen molar-refractivity contribution in [3.05, 3.63) is 58.0 Å². The number of amides is 1. The molecule has 0 unspecified atom stereocenters. The molecule has 2 aromatic carbocycles. The molecule has 1 amide bonds. The molecule has 31 heavy (non-hydrogen) atoms. The number of carbonyl (C=O) groups is 1. The van der Waals surface area contributed by atoms with E-state index in [1.807, 2.05) is 12.1 Å². The quantitative estimate of drug-likeness (QED) is 0.601. The molecule has 0 atom stereocenters. The molecule has 0 aliphatic carbocycles. The van der Waals surface area contributed by atoms with E-state index in [-0.39, 0.29) is 12.5 Å². The number of hydrogen-bond donors (Lipinski definition) is 1. The Bertz CT molecular complexity index is 1100. The van der Waals surface area contributed by atoms with Gasteiger partial charge >= 0.3 is 5.76 Å². The predicted octanol–water partition coefficient (Wildman–Crippen LogP) is 2.19. The van der Waals surface area contributed by atoms with Crippen LogP contribution in [0.4, 0.5) is 5.69 Å². The maximum atomic E-state index is 12.3. The predicted molar refractivity (Wildman–Crippen MR) is 120 cm³/mol. The number of rotatable bonds is 7. The molecule has 3 aromatic rings. The number of carbonyl (C=O) groups excluding carboxylic acids is 1. The fourth-order valence-electron chi connectivity index (χ4n) is 3.77. The summed E-state index contributed by atoms with van der Waals surface area (Å²) in [6, 6.07) is 13.0. The van der Waals surface area contributed by atoms with Gasteiger partial charge in [0.2, 0.25) is 5.91 Å². The summed E-state index contributed by atoms with van der Waals surface area (Å²) in [7, 11) is 1.66. The fourth-order valence-corrected chi connectivity index (χ4v) is 3.93. The van der Waals surface area contributed by atoms with Crippen molar-refractivity contribution in [1.82, 2.24) is 14.8 Å². The van der Waals surface area contributed by atoms with E-state index < -0.39 is 5.76 Å². The van der Waals surface area contributed by atoms with Gasteiger partial charge in [-0.3, -0.25) is 14.3 Å². The fraction of sp³-hybridized carbons (Fsp3) is 0.364. The molecule has 1 saturated heterocycles. The van der Waals surface area contributed by atoms with E-state index in [2.05, 4.69) is 27.2 Å². The van der Waals surface area contributed by atoms with Crippen LogP contribution in [-0.2, 0) is 11.3 Å². The van der Waals surface area contributed by atoms with E-state index in [0.29, 0.717) is 22.7 Å². The van der Waals surface area contributed by atoms with Gasteiger partial charge in [-0.05, 0) is 36.4 Å². The van der Waals surface area contributed by atoms with Crippen molar-refractivity contribution in [2.75, 3.05) is 51.3 Å². The van der Waals surface area contributed by atoms with Crippen molar-refractivity contribution < 1.29 is 13.9 Å². The highest BCUT2D eigenvalue weighted by Crippen LogP contribution is 2.20. The molecule has 0 saturated carbocycles. The summed E-state index contributed by atoms with van der Waals surface area (Å²) in [5.74, 6) is 0.0614.